The number of carboxylic acids is 1. The minimum absolute atomic E-state index is 0.00188. The van der Waals surface area contributed by atoms with Crippen LogP contribution >= 0.6 is 0 Å². The number of urea groups is 1. The van der Waals surface area contributed by atoms with E-state index >= 15 is 0 Å². The molecule has 10 N–H and O–H groups in total. The van der Waals surface area contributed by atoms with Crippen LogP contribution in [0.5, 0.6) is 17.5 Å². The molecule has 4 aliphatic heterocycles. The van der Waals surface area contributed by atoms with Crippen molar-refractivity contribution in [3.63, 3.8) is 0 Å². The van der Waals surface area contributed by atoms with E-state index in [4.69, 9.17) is 34.9 Å². The number of aliphatic carboxylic acids is 1. The number of aliphatic hydroxyl groups is 1. The van der Waals surface area contributed by atoms with Gasteiger partial charge in [0.05, 0.1) is 47.4 Å². The van der Waals surface area contributed by atoms with Gasteiger partial charge in [0, 0.05) is 112 Å². The van der Waals surface area contributed by atoms with Gasteiger partial charge < -0.3 is 81.1 Å². The Bertz CT molecular complexity index is 3950. The van der Waals surface area contributed by atoms with Gasteiger partial charge in [-0.25, -0.2) is 9.78 Å². The zero-order valence-corrected chi connectivity index (χ0v) is 57.1. The highest BCUT2D eigenvalue weighted by Crippen LogP contribution is 2.43. The summed E-state index contributed by atoms with van der Waals surface area (Å²) in [5, 5.41) is 53.7. The average molecular weight is 1380 g/mol. The number of likely N-dealkylation sites (tertiary alicyclic amines) is 2. The fourth-order valence-corrected chi connectivity index (χ4v) is 14.6. The van der Waals surface area contributed by atoms with Gasteiger partial charge in [-0.15, -0.1) is 10.2 Å². The lowest BCUT2D eigenvalue weighted by Gasteiger charge is -2.43. The molecule has 7 heterocycles. The van der Waals surface area contributed by atoms with Crippen LogP contribution in [0.15, 0.2) is 108 Å². The van der Waals surface area contributed by atoms with E-state index in [1.54, 1.807) is 42.5 Å². The molecule has 6 aliphatic rings. The van der Waals surface area contributed by atoms with Gasteiger partial charge >= 0.3 is 12.0 Å². The van der Waals surface area contributed by atoms with Crippen LogP contribution in [0.2, 0.25) is 0 Å². The SMILES string of the molecule is CC(C)C(C(=O)N1C[C@H](O)C[C@H]1C(=O)N[C@@H](C)c1ccc(C#N)cc1)c1cc(OCCN2CCC(OC3CC(Oc4cc(N5C6CCC5CN(c5cc(-c7ccccc7OCc7ccc(NC(=O)[C@H](CCCNC(N)=O)NC(=O)C8(C(=O)O)CCC8)cc7)nnc5N)C6)ccn4)C3)CC2)no1. The highest BCUT2D eigenvalue weighted by Gasteiger charge is 2.52. The number of nitrogens with two attached hydrogens (primary N) is 2. The number of piperazine rings is 1. The summed E-state index contributed by atoms with van der Waals surface area (Å²) in [5.74, 6) is -2.02. The monoisotopic (exact) mass is 1380 g/mol. The normalized spacial score (nSPS) is 21.8. The molecule has 2 aliphatic carbocycles. The summed E-state index contributed by atoms with van der Waals surface area (Å²) in [7, 11) is 0. The molecule has 2 saturated carbocycles. The molecule has 534 valence electrons. The number of ether oxygens (including phenoxy) is 4. The molecule has 0 radical (unpaired) electrons. The zero-order chi connectivity index (χ0) is 70.9. The predicted octanol–water partition coefficient (Wildman–Crippen LogP) is 6.59. The number of rotatable bonds is 29. The lowest BCUT2D eigenvalue weighted by molar-refractivity contribution is -0.162. The van der Waals surface area contributed by atoms with Gasteiger partial charge in [-0.3, -0.25) is 28.9 Å². The Balaban J connectivity index is 0.568. The molecule has 28 heteroatoms. The molecule has 6 fully saturated rings. The Morgan fingerprint density at radius 2 is 1.57 bits per heavy atom. The van der Waals surface area contributed by atoms with Crippen molar-refractivity contribution in [1.82, 2.24) is 46.1 Å². The second-order valence-corrected chi connectivity index (χ2v) is 27.7. The number of hydrogen-bond acceptors (Lipinski definition) is 21. The Hall–Kier alpha value is -10.1. The molecule has 7 atom stereocenters. The molecule has 0 spiro atoms. The maximum atomic E-state index is 14.2. The maximum Gasteiger partial charge on any atom is 0.319 e. The minimum Gasteiger partial charge on any atom is -0.488 e. The molecule has 2 bridgehead atoms. The molecular formula is C73H89N15O13. The number of nitrogen functional groups attached to an aromatic ring is 1. The van der Waals surface area contributed by atoms with Crippen LogP contribution in [0.3, 0.4) is 0 Å². The Morgan fingerprint density at radius 1 is 0.832 bits per heavy atom. The summed E-state index contributed by atoms with van der Waals surface area (Å²) < 4.78 is 31.2. The fourth-order valence-electron chi connectivity index (χ4n) is 14.6. The first-order chi connectivity index (χ1) is 48.8. The van der Waals surface area contributed by atoms with Gasteiger partial charge in [0.2, 0.25) is 29.5 Å². The summed E-state index contributed by atoms with van der Waals surface area (Å²) in [4.78, 5) is 91.0. The van der Waals surface area contributed by atoms with Crippen molar-refractivity contribution in [3.8, 4) is 34.8 Å². The van der Waals surface area contributed by atoms with Gasteiger partial charge in [0.15, 0.2) is 11.6 Å². The molecule has 12 rings (SSSR count). The first-order valence-corrected chi connectivity index (χ1v) is 35.0. The van der Waals surface area contributed by atoms with Crippen LogP contribution in [-0.2, 0) is 35.3 Å². The summed E-state index contributed by atoms with van der Waals surface area (Å²) in [6, 6.07) is 28.8. The van der Waals surface area contributed by atoms with E-state index in [2.05, 4.69) is 74.5 Å². The third kappa shape index (κ3) is 16.7. The first kappa shape index (κ1) is 70.7. The number of fused-ring (bicyclic) bond motifs is 2. The van der Waals surface area contributed by atoms with Crippen molar-refractivity contribution in [2.75, 3.05) is 73.3 Å². The van der Waals surface area contributed by atoms with Crippen molar-refractivity contribution in [2.24, 2.45) is 17.1 Å². The van der Waals surface area contributed by atoms with Gasteiger partial charge in [-0.1, -0.05) is 56.7 Å². The van der Waals surface area contributed by atoms with E-state index in [0.717, 1.165) is 92.8 Å². The number of piperidine rings is 1. The number of carbonyl (C=O) groups is 6. The number of aromatic nitrogens is 4. The molecule has 4 saturated heterocycles. The van der Waals surface area contributed by atoms with Gasteiger partial charge in [-0.2, -0.15) is 5.26 Å². The number of nitrogens with one attached hydrogen (secondary N) is 4. The number of hydrogen-bond donors (Lipinski definition) is 8. The van der Waals surface area contributed by atoms with Crippen LogP contribution < -0.4 is 56.7 Å². The summed E-state index contributed by atoms with van der Waals surface area (Å²) in [6.07, 6.45) is 8.11. The van der Waals surface area contributed by atoms with Crippen molar-refractivity contribution in [2.45, 2.75) is 165 Å². The number of aliphatic hydroxyl groups excluding tert-OH is 1. The average Bonchev–Trinajstić information content (AvgIpc) is 1.42. The maximum absolute atomic E-state index is 14.2. The van der Waals surface area contributed by atoms with Crippen molar-refractivity contribution < 1.29 is 62.5 Å². The summed E-state index contributed by atoms with van der Waals surface area (Å²) >= 11 is 0. The second kappa shape index (κ2) is 31.6. The zero-order valence-electron chi connectivity index (χ0n) is 57.1. The third-order valence-electron chi connectivity index (χ3n) is 20.5. The van der Waals surface area contributed by atoms with Crippen molar-refractivity contribution >= 4 is 58.5 Å². The molecule has 3 unspecified atom stereocenters. The van der Waals surface area contributed by atoms with Crippen LogP contribution in [-0.4, -0.2) is 177 Å². The summed E-state index contributed by atoms with van der Waals surface area (Å²) in [6.45, 7) is 10.2. The lowest BCUT2D eigenvalue weighted by Crippen LogP contribution is -2.55. The minimum atomic E-state index is -1.57. The number of amides is 6. The Morgan fingerprint density at radius 3 is 2.27 bits per heavy atom. The number of nitriles is 1. The van der Waals surface area contributed by atoms with E-state index < -0.39 is 53.3 Å². The van der Waals surface area contributed by atoms with Crippen LogP contribution in [0.25, 0.3) is 11.3 Å². The second-order valence-electron chi connectivity index (χ2n) is 27.7. The molecule has 6 amide bonds. The largest absolute Gasteiger partial charge is 0.488 e. The highest BCUT2D eigenvalue weighted by molar-refractivity contribution is 6.05. The van der Waals surface area contributed by atoms with Crippen LogP contribution in [0.4, 0.5) is 27.7 Å². The summed E-state index contributed by atoms with van der Waals surface area (Å²) in [5.41, 5.74) is 16.0. The third-order valence-corrected chi connectivity index (χ3v) is 20.5. The number of nitrogens with zero attached hydrogens (tertiary/aromatic N) is 9. The van der Waals surface area contributed by atoms with E-state index in [1.165, 1.54) is 4.90 Å². The fraction of sp³-hybridized carbons (Fsp3) is 0.493. The smallest absolute Gasteiger partial charge is 0.319 e. The molecule has 28 nitrogen and oxygen atoms in total. The highest BCUT2D eigenvalue weighted by atomic mass is 16.5. The standard InChI is InChI=1S/C73H89N15O13/c1-43(2)65(69(92)87-41-52(89)33-60(87)68(91)79-44(3)47-15-11-45(38-74)12-16-47)62-37-64(84-101-62)97-31-30-85-28-22-53(23-29-85)99-54-34-55(35-54)100-63-32-49(21-27-77-63)88-50-19-20-51(88)40-86(39-50)59-36-58(82-83-66(59)75)56-8-4-5-10-61(56)98-42-46-13-17-48(18-14-46)80-67(90)57(9-6-26-78-72(76)96)81-70(93)73(71(94)95)24-7-25-73/h4-5,8,10-18,21,27,32,36-37,43-44,50-55,57,60,65,89H,6-7,9,19-20,22-26,28-31,33-35,39-42H2,1-3H3,(H2,75,83)(H,79,91)(H,80,90)(H,81,93)(H,94,95)(H3,76,78,96)/t44-,50?,51?,52+,54?,55?,57-,60-,65?/m0/s1. The Labute approximate surface area is 585 Å². The molecular weight excluding hydrogens is 1290 g/mol. The quantitative estimate of drug-likeness (QED) is 0.0181. The number of benzene rings is 3. The van der Waals surface area contributed by atoms with Crippen molar-refractivity contribution in [1.29, 1.82) is 5.26 Å². The molecule has 101 heavy (non-hydrogen) atoms. The number of carboxylic acid groups (broad SMARTS) is 1. The number of carbonyl (C=O) groups excluding carboxylic acids is 5. The molecule has 6 aromatic rings. The molecule has 3 aromatic carbocycles. The van der Waals surface area contributed by atoms with Gasteiger partial charge in [-0.05, 0) is 129 Å². The number of β-amino-alcohol motifs (C(OH)–C–C–N with tert-alkyl or cyclic N) is 1. The topological polar surface area (TPSA) is 381 Å². The number of pyridine rings is 1. The Kier molecular flexibility index (Phi) is 22.1. The van der Waals surface area contributed by atoms with Gasteiger partial charge in [0.25, 0.3) is 5.88 Å². The van der Waals surface area contributed by atoms with Crippen molar-refractivity contribution in [3.05, 3.63) is 126 Å². The number of primary amides is 1. The van der Waals surface area contributed by atoms with E-state index in [1.807, 2.05) is 69.4 Å². The lowest BCUT2D eigenvalue weighted by atomic mass is 9.68. The van der Waals surface area contributed by atoms with Crippen LogP contribution in [0, 0.1) is 22.7 Å². The van der Waals surface area contributed by atoms with E-state index in [9.17, 15) is 44.2 Å². The van der Waals surface area contributed by atoms with E-state index in [0.29, 0.717) is 66.1 Å². The predicted molar refractivity (Wildman–Crippen MR) is 371 cm³/mol. The number of para-hydroxylation sites is 1. The first-order valence-electron chi connectivity index (χ1n) is 35.0. The van der Waals surface area contributed by atoms with Gasteiger partial charge in [0.1, 0.15) is 48.5 Å². The van der Waals surface area contributed by atoms with Crippen LogP contribution in [0.1, 0.15) is 132 Å². The molecule has 3 aromatic heterocycles. The van der Waals surface area contributed by atoms with E-state index in [-0.39, 0.29) is 105 Å². The number of anilines is 4.